The average Bonchev–Trinajstić information content (AvgIpc) is 3.23. The van der Waals surface area contributed by atoms with Gasteiger partial charge in [0.05, 0.1) is 10.5 Å². The van der Waals surface area contributed by atoms with Crippen molar-refractivity contribution in [3.63, 3.8) is 0 Å². The van der Waals surface area contributed by atoms with Crippen LogP contribution >= 0.6 is 34.4 Å². The molecule has 7 nitrogen and oxygen atoms in total. The van der Waals surface area contributed by atoms with Crippen molar-refractivity contribution in [2.75, 3.05) is 5.32 Å². The van der Waals surface area contributed by atoms with Crippen molar-refractivity contribution in [3.05, 3.63) is 63.0 Å². The maximum atomic E-state index is 12.0. The third kappa shape index (κ3) is 4.16. The molecule has 0 aliphatic heterocycles. The molecule has 3 rings (SSSR count). The van der Waals surface area contributed by atoms with Gasteiger partial charge in [-0.2, -0.15) is 0 Å². The van der Waals surface area contributed by atoms with Crippen LogP contribution in [0.3, 0.4) is 0 Å². The molecule has 0 saturated carbocycles. The van der Waals surface area contributed by atoms with E-state index in [4.69, 9.17) is 0 Å². The van der Waals surface area contributed by atoms with Gasteiger partial charge in [-0.3, -0.25) is 20.2 Å². The quantitative estimate of drug-likeness (QED) is 0.301. The lowest BCUT2D eigenvalue weighted by Crippen LogP contribution is -2.10. The van der Waals surface area contributed by atoms with Crippen LogP contribution in [0.15, 0.2) is 46.1 Å². The van der Waals surface area contributed by atoms with E-state index in [-0.39, 0.29) is 10.6 Å². The van der Waals surface area contributed by atoms with Crippen LogP contribution < -0.4 is 5.32 Å². The van der Waals surface area contributed by atoms with E-state index in [1.165, 1.54) is 40.1 Å². The molecule has 0 fully saturated rings. The predicted molar refractivity (Wildman–Crippen MR) is 94.8 cm³/mol. The number of thioether (sulfide) groups is 1. The Balaban J connectivity index is 1.59. The third-order valence-corrected chi connectivity index (χ3v) is 5.78. The van der Waals surface area contributed by atoms with E-state index in [1.807, 2.05) is 30.3 Å². The molecule has 0 unspecified atom stereocenters. The molecular weight excluding hydrogens is 368 g/mol. The van der Waals surface area contributed by atoms with Crippen molar-refractivity contribution in [1.29, 1.82) is 0 Å². The van der Waals surface area contributed by atoms with Crippen LogP contribution in [0.4, 0.5) is 10.1 Å². The predicted octanol–water partition coefficient (Wildman–Crippen LogP) is 4.05. The first-order valence-electron chi connectivity index (χ1n) is 6.66. The maximum Gasteiger partial charge on any atom is 0.324 e. The maximum absolute atomic E-state index is 12.0. The van der Waals surface area contributed by atoms with Crippen LogP contribution in [0.2, 0.25) is 0 Å². The molecule has 0 bridgehead atoms. The Morgan fingerprint density at radius 1 is 1.29 bits per heavy atom. The van der Waals surface area contributed by atoms with Gasteiger partial charge in [0.2, 0.25) is 5.13 Å². The summed E-state index contributed by atoms with van der Waals surface area (Å²) in [6.45, 7) is 0. The number of anilines is 1. The van der Waals surface area contributed by atoms with Crippen molar-refractivity contribution in [3.8, 4) is 0 Å². The van der Waals surface area contributed by atoms with Gasteiger partial charge in [0.25, 0.3) is 5.91 Å². The van der Waals surface area contributed by atoms with Gasteiger partial charge >= 0.3 is 5.00 Å². The van der Waals surface area contributed by atoms with Crippen LogP contribution in [-0.2, 0) is 5.75 Å². The van der Waals surface area contributed by atoms with Crippen LogP contribution in [0.25, 0.3) is 0 Å². The lowest BCUT2D eigenvalue weighted by atomic mass is 10.2. The fraction of sp³-hybridized carbons (Fsp3) is 0.0714. The highest BCUT2D eigenvalue weighted by Gasteiger charge is 2.16. The summed E-state index contributed by atoms with van der Waals surface area (Å²) in [6.07, 6.45) is 0. The highest BCUT2D eigenvalue weighted by Crippen LogP contribution is 2.29. The summed E-state index contributed by atoms with van der Waals surface area (Å²) in [7, 11) is 0. The van der Waals surface area contributed by atoms with E-state index >= 15 is 0 Å². The molecule has 2 heterocycles. The Morgan fingerprint density at radius 3 is 2.79 bits per heavy atom. The number of thiophene rings is 1. The smallest absolute Gasteiger partial charge is 0.296 e. The van der Waals surface area contributed by atoms with Crippen molar-refractivity contribution < 1.29 is 9.72 Å². The molecular formula is C14H10N4O3S3. The molecule has 0 aliphatic carbocycles. The van der Waals surface area contributed by atoms with Gasteiger partial charge in [0.15, 0.2) is 4.34 Å². The van der Waals surface area contributed by atoms with Gasteiger partial charge in [-0.15, -0.1) is 10.2 Å². The van der Waals surface area contributed by atoms with Crippen molar-refractivity contribution in [2.45, 2.75) is 10.1 Å². The van der Waals surface area contributed by atoms with Crippen molar-refractivity contribution in [1.82, 2.24) is 10.2 Å². The Morgan fingerprint density at radius 2 is 2.08 bits per heavy atom. The highest BCUT2D eigenvalue weighted by atomic mass is 32.2. The Bertz CT molecular complexity index is 863. The number of nitrogens with zero attached hydrogens (tertiary/aromatic N) is 3. The minimum Gasteiger partial charge on any atom is -0.296 e. The van der Waals surface area contributed by atoms with E-state index < -0.39 is 10.8 Å². The minimum absolute atomic E-state index is 0.0727. The second-order valence-corrected chi connectivity index (χ2v) is 7.62. The summed E-state index contributed by atoms with van der Waals surface area (Å²) in [5.41, 5.74) is 1.41. The number of amides is 1. The second kappa shape index (κ2) is 7.51. The zero-order chi connectivity index (χ0) is 16.9. The number of carbonyl (C=O) groups is 1. The molecule has 1 amide bonds. The van der Waals surface area contributed by atoms with E-state index in [0.29, 0.717) is 5.13 Å². The van der Waals surface area contributed by atoms with Gasteiger partial charge in [0.1, 0.15) is 0 Å². The summed E-state index contributed by atoms with van der Waals surface area (Å²) in [5, 5.41) is 22.9. The fourth-order valence-electron chi connectivity index (χ4n) is 1.75. The summed E-state index contributed by atoms with van der Waals surface area (Å²) in [5.74, 6) is 0.329. The van der Waals surface area contributed by atoms with Gasteiger partial charge in [-0.25, -0.2) is 0 Å². The topological polar surface area (TPSA) is 98.0 Å². The first kappa shape index (κ1) is 16.6. The van der Waals surface area contributed by atoms with E-state index in [2.05, 4.69) is 15.5 Å². The summed E-state index contributed by atoms with van der Waals surface area (Å²) >= 11 is 3.71. The molecule has 24 heavy (non-hydrogen) atoms. The minimum atomic E-state index is -0.523. The molecule has 3 aromatic rings. The van der Waals surface area contributed by atoms with Crippen LogP contribution in [-0.4, -0.2) is 21.0 Å². The van der Waals surface area contributed by atoms with E-state index in [1.54, 1.807) is 0 Å². The number of nitrogens with one attached hydrogen (secondary N) is 1. The van der Waals surface area contributed by atoms with E-state index in [0.717, 1.165) is 21.4 Å². The zero-order valence-electron chi connectivity index (χ0n) is 12.0. The summed E-state index contributed by atoms with van der Waals surface area (Å²) in [6, 6.07) is 11.2. The summed E-state index contributed by atoms with van der Waals surface area (Å²) < 4.78 is 0.741. The molecule has 10 heteroatoms. The lowest BCUT2D eigenvalue weighted by Gasteiger charge is -1.97. The van der Waals surface area contributed by atoms with Crippen LogP contribution in [0, 0.1) is 10.1 Å². The highest BCUT2D eigenvalue weighted by molar-refractivity contribution is 8.00. The first-order valence-corrected chi connectivity index (χ1v) is 9.34. The standard InChI is InChI=1S/C14H10N4O3S3/c19-12(10-6-11(18(20)21)22-8-10)15-13-16-17-14(24-13)23-7-9-4-2-1-3-5-9/h1-6,8H,7H2,(H,15,16,19). The summed E-state index contributed by atoms with van der Waals surface area (Å²) in [4.78, 5) is 22.2. The number of aromatic nitrogens is 2. The molecule has 1 N–H and O–H groups in total. The van der Waals surface area contributed by atoms with Crippen molar-refractivity contribution >= 4 is 50.5 Å². The fourth-order valence-corrected chi connectivity index (χ4v) is 4.15. The first-order chi connectivity index (χ1) is 11.6. The molecule has 0 spiro atoms. The van der Waals surface area contributed by atoms with Crippen LogP contribution in [0.5, 0.6) is 0 Å². The number of hydrogen-bond acceptors (Lipinski definition) is 8. The number of nitro groups is 1. The third-order valence-electron chi connectivity index (χ3n) is 2.86. The Kier molecular flexibility index (Phi) is 5.18. The molecule has 0 aliphatic rings. The SMILES string of the molecule is O=C(Nc1nnc(SCc2ccccc2)s1)c1csc([N+](=O)[O-])c1. The number of benzene rings is 1. The zero-order valence-corrected chi connectivity index (χ0v) is 14.5. The van der Waals surface area contributed by atoms with Gasteiger partial charge in [-0.1, -0.05) is 64.8 Å². The molecule has 0 atom stereocenters. The molecule has 122 valence electrons. The Hall–Kier alpha value is -2.30. The van der Waals surface area contributed by atoms with Crippen LogP contribution in [0.1, 0.15) is 15.9 Å². The largest absolute Gasteiger partial charge is 0.324 e. The molecule has 0 saturated heterocycles. The van der Waals surface area contributed by atoms with Gasteiger partial charge in [-0.05, 0) is 5.56 Å². The van der Waals surface area contributed by atoms with Gasteiger partial charge in [0, 0.05) is 17.2 Å². The van der Waals surface area contributed by atoms with Gasteiger partial charge < -0.3 is 0 Å². The normalized spacial score (nSPS) is 10.5. The lowest BCUT2D eigenvalue weighted by molar-refractivity contribution is -0.380. The number of hydrogen-bond donors (Lipinski definition) is 1. The molecule has 1 aromatic carbocycles. The Labute approximate surface area is 148 Å². The number of carbonyl (C=O) groups excluding carboxylic acids is 1. The number of rotatable bonds is 6. The van der Waals surface area contributed by atoms with Crippen molar-refractivity contribution in [2.24, 2.45) is 0 Å². The van der Waals surface area contributed by atoms with E-state index in [9.17, 15) is 14.9 Å². The molecule has 2 aromatic heterocycles. The molecule has 0 radical (unpaired) electrons. The second-order valence-electron chi connectivity index (χ2n) is 4.53. The monoisotopic (exact) mass is 378 g/mol. The average molecular weight is 378 g/mol.